The van der Waals surface area contributed by atoms with Crippen molar-refractivity contribution < 1.29 is 4.79 Å². The summed E-state index contributed by atoms with van der Waals surface area (Å²) in [5.41, 5.74) is 1.14. The molecule has 0 bridgehead atoms. The molecule has 1 aliphatic heterocycles. The summed E-state index contributed by atoms with van der Waals surface area (Å²) >= 11 is 6.09. The number of benzene rings is 1. The summed E-state index contributed by atoms with van der Waals surface area (Å²) in [7, 11) is 0. The van der Waals surface area contributed by atoms with Crippen LogP contribution in [0.3, 0.4) is 0 Å². The number of nitrogens with one attached hydrogen (secondary N) is 3. The van der Waals surface area contributed by atoms with Crippen LogP contribution in [0.4, 0.5) is 5.69 Å². The number of anilines is 1. The Morgan fingerprint density at radius 2 is 2.12 bits per heavy atom. The number of aliphatic imine (C=N–C) groups is 1. The van der Waals surface area contributed by atoms with Gasteiger partial charge >= 0.3 is 0 Å². The SMILES string of the molecule is CCNC(=NCC(=O)NC1CC1)NC1CCN(c2cccc(Cl)c2)C1. The first-order valence-electron chi connectivity index (χ1n) is 8.98. The zero-order chi connectivity index (χ0) is 17.6. The van der Waals surface area contributed by atoms with Gasteiger partial charge in [-0.15, -0.1) is 0 Å². The quantitative estimate of drug-likeness (QED) is 0.532. The Bertz CT molecular complexity index is 632. The monoisotopic (exact) mass is 363 g/mol. The minimum Gasteiger partial charge on any atom is -0.369 e. The molecule has 0 radical (unpaired) electrons. The maximum absolute atomic E-state index is 11.8. The van der Waals surface area contributed by atoms with Crippen LogP contribution in [0.15, 0.2) is 29.3 Å². The Hall–Kier alpha value is -1.95. The highest BCUT2D eigenvalue weighted by Gasteiger charge is 2.24. The number of hydrogen-bond donors (Lipinski definition) is 3. The number of amides is 1. The molecule has 7 heteroatoms. The Morgan fingerprint density at radius 1 is 1.28 bits per heavy atom. The van der Waals surface area contributed by atoms with Crippen LogP contribution < -0.4 is 20.9 Å². The molecule has 1 unspecified atom stereocenters. The maximum Gasteiger partial charge on any atom is 0.242 e. The van der Waals surface area contributed by atoms with Gasteiger partial charge in [0, 0.05) is 42.4 Å². The van der Waals surface area contributed by atoms with Crippen molar-refractivity contribution in [3.05, 3.63) is 29.3 Å². The largest absolute Gasteiger partial charge is 0.369 e. The van der Waals surface area contributed by atoms with Crippen LogP contribution in [0.5, 0.6) is 0 Å². The van der Waals surface area contributed by atoms with Crippen molar-refractivity contribution in [2.75, 3.05) is 31.1 Å². The van der Waals surface area contributed by atoms with Crippen molar-refractivity contribution in [1.29, 1.82) is 0 Å². The third-order valence-electron chi connectivity index (χ3n) is 4.37. The third kappa shape index (κ3) is 5.53. The molecule has 1 aromatic rings. The Morgan fingerprint density at radius 3 is 2.84 bits per heavy atom. The predicted molar refractivity (Wildman–Crippen MR) is 102 cm³/mol. The summed E-state index contributed by atoms with van der Waals surface area (Å²) in [6.45, 7) is 4.81. The fraction of sp³-hybridized carbons (Fsp3) is 0.556. The zero-order valence-corrected chi connectivity index (χ0v) is 15.4. The lowest BCUT2D eigenvalue weighted by molar-refractivity contribution is -0.119. The van der Waals surface area contributed by atoms with E-state index in [4.69, 9.17) is 11.6 Å². The smallest absolute Gasteiger partial charge is 0.242 e. The van der Waals surface area contributed by atoms with Gasteiger partial charge in [0.25, 0.3) is 0 Å². The molecule has 2 aliphatic rings. The second kappa shape index (κ2) is 8.43. The van der Waals surface area contributed by atoms with Gasteiger partial charge in [-0.25, -0.2) is 4.99 Å². The molecule has 3 N–H and O–H groups in total. The molecule has 1 aromatic carbocycles. The molecule has 6 nitrogen and oxygen atoms in total. The lowest BCUT2D eigenvalue weighted by Gasteiger charge is -2.20. The molecule has 2 fully saturated rings. The van der Waals surface area contributed by atoms with E-state index in [2.05, 4.69) is 31.9 Å². The summed E-state index contributed by atoms with van der Waals surface area (Å²) in [5.74, 6) is 0.693. The zero-order valence-electron chi connectivity index (χ0n) is 14.6. The van der Waals surface area contributed by atoms with Crippen molar-refractivity contribution in [3.63, 3.8) is 0 Å². The standard InChI is InChI=1S/C18H26ClN5O/c1-2-20-18(21-11-17(25)22-14-6-7-14)23-15-8-9-24(12-15)16-5-3-4-13(19)10-16/h3-5,10,14-15H,2,6-9,11-12H2,1H3,(H,22,25)(H2,20,21,23). The molecule has 1 aliphatic carbocycles. The van der Waals surface area contributed by atoms with E-state index in [-0.39, 0.29) is 12.5 Å². The molecule has 1 heterocycles. The van der Waals surface area contributed by atoms with Crippen LogP contribution in [0.1, 0.15) is 26.2 Å². The highest BCUT2D eigenvalue weighted by molar-refractivity contribution is 6.30. The van der Waals surface area contributed by atoms with Gasteiger partial charge in [-0.05, 0) is 44.4 Å². The molecule has 1 saturated carbocycles. The van der Waals surface area contributed by atoms with Crippen molar-refractivity contribution in [2.45, 2.75) is 38.3 Å². The fourth-order valence-electron chi connectivity index (χ4n) is 2.95. The van der Waals surface area contributed by atoms with Gasteiger partial charge in [0.15, 0.2) is 5.96 Å². The van der Waals surface area contributed by atoms with Crippen LogP contribution in [-0.2, 0) is 4.79 Å². The summed E-state index contributed by atoms with van der Waals surface area (Å²) in [6, 6.07) is 8.60. The van der Waals surface area contributed by atoms with Gasteiger partial charge in [-0.3, -0.25) is 4.79 Å². The minimum absolute atomic E-state index is 0.00770. The molecule has 25 heavy (non-hydrogen) atoms. The summed E-state index contributed by atoms with van der Waals surface area (Å²) in [6.07, 6.45) is 3.20. The third-order valence-corrected chi connectivity index (χ3v) is 4.61. The van der Waals surface area contributed by atoms with Gasteiger partial charge in [0.1, 0.15) is 6.54 Å². The number of rotatable bonds is 6. The van der Waals surface area contributed by atoms with E-state index in [1.807, 2.05) is 25.1 Å². The van der Waals surface area contributed by atoms with Gasteiger partial charge in [0.05, 0.1) is 0 Å². The van der Waals surface area contributed by atoms with E-state index in [9.17, 15) is 4.79 Å². The second-order valence-electron chi connectivity index (χ2n) is 6.59. The first kappa shape index (κ1) is 17.9. The Kier molecular flexibility index (Phi) is 6.02. The Labute approximate surface area is 154 Å². The normalized spacial score (nSPS) is 20.5. The number of halogens is 1. The lowest BCUT2D eigenvalue weighted by Crippen LogP contribution is -2.45. The van der Waals surface area contributed by atoms with Gasteiger partial charge in [-0.1, -0.05) is 17.7 Å². The van der Waals surface area contributed by atoms with Crippen LogP contribution in [0.2, 0.25) is 5.02 Å². The van der Waals surface area contributed by atoms with E-state index < -0.39 is 0 Å². The molecule has 1 saturated heterocycles. The minimum atomic E-state index is -0.00770. The molecule has 1 atom stereocenters. The van der Waals surface area contributed by atoms with E-state index in [1.165, 1.54) is 0 Å². The highest BCUT2D eigenvalue weighted by Crippen LogP contribution is 2.23. The molecule has 3 rings (SSSR count). The first-order valence-corrected chi connectivity index (χ1v) is 9.36. The van der Waals surface area contributed by atoms with E-state index >= 15 is 0 Å². The van der Waals surface area contributed by atoms with Gasteiger partial charge in [-0.2, -0.15) is 0 Å². The van der Waals surface area contributed by atoms with E-state index in [0.29, 0.717) is 18.0 Å². The highest BCUT2D eigenvalue weighted by atomic mass is 35.5. The summed E-state index contributed by atoms with van der Waals surface area (Å²) < 4.78 is 0. The lowest BCUT2D eigenvalue weighted by atomic mass is 10.3. The van der Waals surface area contributed by atoms with Gasteiger partial charge < -0.3 is 20.9 Å². The predicted octanol–water partition coefficient (Wildman–Crippen LogP) is 1.75. The second-order valence-corrected chi connectivity index (χ2v) is 7.03. The maximum atomic E-state index is 11.8. The van der Waals surface area contributed by atoms with Gasteiger partial charge in [0.2, 0.25) is 5.91 Å². The van der Waals surface area contributed by atoms with E-state index in [1.54, 1.807) is 0 Å². The topological polar surface area (TPSA) is 68.8 Å². The van der Waals surface area contributed by atoms with E-state index in [0.717, 1.165) is 49.6 Å². The summed E-state index contributed by atoms with van der Waals surface area (Å²) in [4.78, 5) is 18.5. The average molecular weight is 364 g/mol. The summed E-state index contributed by atoms with van der Waals surface area (Å²) in [5, 5.41) is 10.4. The number of guanidine groups is 1. The van der Waals surface area contributed by atoms with Crippen molar-refractivity contribution >= 4 is 29.2 Å². The number of carbonyl (C=O) groups excluding carboxylic acids is 1. The fourth-order valence-corrected chi connectivity index (χ4v) is 3.14. The Balaban J connectivity index is 1.52. The number of hydrogen-bond acceptors (Lipinski definition) is 3. The van der Waals surface area contributed by atoms with Crippen molar-refractivity contribution in [2.24, 2.45) is 4.99 Å². The van der Waals surface area contributed by atoms with Crippen LogP contribution in [-0.4, -0.2) is 50.1 Å². The number of carbonyl (C=O) groups is 1. The molecule has 0 aromatic heterocycles. The number of nitrogens with zero attached hydrogens (tertiary/aromatic N) is 2. The first-order chi connectivity index (χ1) is 12.1. The molecule has 136 valence electrons. The van der Waals surface area contributed by atoms with Crippen molar-refractivity contribution in [1.82, 2.24) is 16.0 Å². The van der Waals surface area contributed by atoms with Crippen molar-refractivity contribution in [3.8, 4) is 0 Å². The van der Waals surface area contributed by atoms with Crippen LogP contribution in [0.25, 0.3) is 0 Å². The van der Waals surface area contributed by atoms with Crippen LogP contribution in [0, 0.1) is 0 Å². The van der Waals surface area contributed by atoms with Crippen LogP contribution >= 0.6 is 11.6 Å². The average Bonchev–Trinajstić information content (AvgIpc) is 3.28. The molecule has 0 spiro atoms. The molecule has 1 amide bonds. The molecular weight excluding hydrogens is 338 g/mol. The molecular formula is C18H26ClN5O.